The Morgan fingerprint density at radius 2 is 1.28 bits per heavy atom. The first-order valence-corrected chi connectivity index (χ1v) is 14.6. The van der Waals surface area contributed by atoms with Crippen molar-refractivity contribution in [3.8, 4) is 0 Å². The van der Waals surface area contributed by atoms with Crippen LogP contribution in [0, 0.1) is 0 Å². The third-order valence-corrected chi connectivity index (χ3v) is 8.32. The molecule has 0 aliphatic carbocycles. The number of aliphatic hydroxyl groups is 1. The summed E-state index contributed by atoms with van der Waals surface area (Å²) in [5, 5.41) is 10.8. The number of thioether (sulfide) groups is 1. The van der Waals surface area contributed by atoms with Gasteiger partial charge in [0, 0.05) is 17.7 Å². The molecule has 208 valence electrons. The minimum Gasteiger partial charge on any atom is -0.388 e. The molecular weight excluding hydrogens is 512 g/mol. The highest BCUT2D eigenvalue weighted by atomic mass is 32.2. The van der Waals surface area contributed by atoms with Crippen molar-refractivity contribution < 1.29 is 28.8 Å². The Bertz CT molecular complexity index is 1120. The SMILES string of the molecule is C[C@@H]1O[C@@H](O[C@@H]2[C@H](C)O[C@@H](Sc3ccccc3)C[C@@H]2OCc2ccccc2)C[C@H](OCc2ccccc2)[C@@H]1O. The predicted molar refractivity (Wildman–Crippen MR) is 151 cm³/mol. The van der Waals surface area contributed by atoms with Gasteiger partial charge in [-0.25, -0.2) is 0 Å². The van der Waals surface area contributed by atoms with Gasteiger partial charge in [0.25, 0.3) is 0 Å². The van der Waals surface area contributed by atoms with Gasteiger partial charge in [-0.2, -0.15) is 0 Å². The highest BCUT2D eigenvalue weighted by molar-refractivity contribution is 7.99. The lowest BCUT2D eigenvalue weighted by Crippen LogP contribution is -2.54. The molecule has 0 spiro atoms. The molecule has 0 unspecified atom stereocenters. The topological polar surface area (TPSA) is 66.4 Å². The average Bonchev–Trinajstić information content (AvgIpc) is 2.96. The van der Waals surface area contributed by atoms with Gasteiger partial charge in [-0.15, -0.1) is 0 Å². The summed E-state index contributed by atoms with van der Waals surface area (Å²) >= 11 is 1.71. The minimum absolute atomic E-state index is 0.0574. The molecule has 0 radical (unpaired) electrons. The van der Waals surface area contributed by atoms with E-state index in [4.69, 9.17) is 23.7 Å². The molecule has 39 heavy (non-hydrogen) atoms. The maximum absolute atomic E-state index is 10.8. The number of ether oxygens (including phenoxy) is 5. The summed E-state index contributed by atoms with van der Waals surface area (Å²) in [6.45, 7) is 4.80. The second-order valence-corrected chi connectivity index (χ2v) is 11.4. The molecule has 5 rings (SSSR count). The third-order valence-electron chi connectivity index (χ3n) is 7.21. The molecule has 2 aliphatic rings. The van der Waals surface area contributed by atoms with Gasteiger partial charge >= 0.3 is 0 Å². The first-order valence-electron chi connectivity index (χ1n) is 13.7. The molecule has 0 aromatic heterocycles. The second kappa shape index (κ2) is 13.9. The van der Waals surface area contributed by atoms with Crippen molar-refractivity contribution in [3.63, 3.8) is 0 Å². The zero-order chi connectivity index (χ0) is 27.0. The van der Waals surface area contributed by atoms with E-state index in [0.717, 1.165) is 16.0 Å². The number of aliphatic hydroxyl groups excluding tert-OH is 1. The van der Waals surface area contributed by atoms with Crippen LogP contribution < -0.4 is 0 Å². The molecule has 3 aromatic carbocycles. The highest BCUT2D eigenvalue weighted by Crippen LogP contribution is 2.37. The Kier molecular flexibility index (Phi) is 10.1. The Hall–Kier alpha value is -2.23. The van der Waals surface area contributed by atoms with Gasteiger partial charge in [-0.3, -0.25) is 0 Å². The van der Waals surface area contributed by atoms with E-state index in [-0.39, 0.29) is 23.7 Å². The lowest BCUT2D eigenvalue weighted by atomic mass is 10.0. The van der Waals surface area contributed by atoms with Crippen LogP contribution in [0.3, 0.4) is 0 Å². The fraction of sp³-hybridized carbons (Fsp3) is 0.438. The molecule has 0 bridgehead atoms. The summed E-state index contributed by atoms with van der Waals surface area (Å²) in [7, 11) is 0. The molecule has 0 saturated carbocycles. The third kappa shape index (κ3) is 7.92. The number of rotatable bonds is 10. The number of hydrogen-bond donors (Lipinski definition) is 1. The van der Waals surface area contributed by atoms with Gasteiger partial charge in [-0.1, -0.05) is 90.6 Å². The monoisotopic (exact) mass is 550 g/mol. The van der Waals surface area contributed by atoms with E-state index in [0.29, 0.717) is 26.1 Å². The van der Waals surface area contributed by atoms with Crippen LogP contribution in [0.2, 0.25) is 0 Å². The van der Waals surface area contributed by atoms with Gasteiger partial charge in [0.1, 0.15) is 17.6 Å². The largest absolute Gasteiger partial charge is 0.388 e. The number of benzene rings is 3. The maximum atomic E-state index is 10.8. The molecule has 8 atom stereocenters. The molecule has 0 amide bonds. The van der Waals surface area contributed by atoms with Gasteiger partial charge in [0.15, 0.2) is 6.29 Å². The van der Waals surface area contributed by atoms with Crippen molar-refractivity contribution in [2.45, 2.75) is 93.1 Å². The first kappa shape index (κ1) is 28.3. The van der Waals surface area contributed by atoms with Crippen LogP contribution in [0.15, 0.2) is 95.9 Å². The quantitative estimate of drug-likeness (QED) is 0.334. The predicted octanol–water partition coefficient (Wildman–Crippen LogP) is 5.97. The molecule has 2 fully saturated rings. The number of hydrogen-bond acceptors (Lipinski definition) is 7. The molecular formula is C32H38O6S. The minimum atomic E-state index is -0.731. The molecule has 7 heteroatoms. The van der Waals surface area contributed by atoms with E-state index in [1.165, 1.54) is 0 Å². The van der Waals surface area contributed by atoms with E-state index in [2.05, 4.69) is 24.3 Å². The average molecular weight is 551 g/mol. The Morgan fingerprint density at radius 3 is 1.90 bits per heavy atom. The van der Waals surface area contributed by atoms with Crippen LogP contribution in [0.25, 0.3) is 0 Å². The van der Waals surface area contributed by atoms with E-state index in [1.807, 2.05) is 80.6 Å². The highest BCUT2D eigenvalue weighted by Gasteiger charge is 2.43. The summed E-state index contributed by atoms with van der Waals surface area (Å²) in [5.74, 6) is 0. The molecule has 2 saturated heterocycles. The Morgan fingerprint density at radius 1 is 0.718 bits per heavy atom. The summed E-state index contributed by atoms with van der Waals surface area (Å²) in [4.78, 5) is 1.16. The smallest absolute Gasteiger partial charge is 0.161 e. The van der Waals surface area contributed by atoms with Crippen molar-refractivity contribution in [1.82, 2.24) is 0 Å². The molecule has 2 aliphatic heterocycles. The van der Waals surface area contributed by atoms with Crippen molar-refractivity contribution >= 4 is 11.8 Å². The zero-order valence-corrected chi connectivity index (χ0v) is 23.3. The van der Waals surface area contributed by atoms with Gasteiger partial charge in [0.2, 0.25) is 0 Å². The van der Waals surface area contributed by atoms with E-state index in [1.54, 1.807) is 11.8 Å². The zero-order valence-electron chi connectivity index (χ0n) is 22.5. The fourth-order valence-corrected chi connectivity index (χ4v) is 6.21. The Labute approximate surface area is 235 Å². The summed E-state index contributed by atoms with van der Waals surface area (Å²) in [6, 6.07) is 30.4. The summed E-state index contributed by atoms with van der Waals surface area (Å²) < 4.78 is 31.7. The van der Waals surface area contributed by atoms with E-state index < -0.39 is 24.6 Å². The normalized spacial score (nSPS) is 31.2. The fourth-order valence-electron chi connectivity index (χ4n) is 5.08. The summed E-state index contributed by atoms with van der Waals surface area (Å²) in [6.07, 6.45) is -1.72. The first-order chi connectivity index (χ1) is 19.0. The van der Waals surface area contributed by atoms with Crippen LogP contribution in [-0.2, 0) is 36.9 Å². The second-order valence-electron chi connectivity index (χ2n) is 10.2. The molecule has 6 nitrogen and oxygen atoms in total. The summed E-state index contributed by atoms with van der Waals surface area (Å²) in [5.41, 5.74) is 2.12. The Balaban J connectivity index is 1.25. The molecule has 3 aromatic rings. The van der Waals surface area contributed by atoms with E-state index >= 15 is 0 Å². The van der Waals surface area contributed by atoms with E-state index in [9.17, 15) is 5.11 Å². The van der Waals surface area contributed by atoms with Crippen molar-refractivity contribution in [2.75, 3.05) is 0 Å². The van der Waals surface area contributed by atoms with Gasteiger partial charge < -0.3 is 28.8 Å². The van der Waals surface area contributed by atoms with Crippen molar-refractivity contribution in [3.05, 3.63) is 102 Å². The van der Waals surface area contributed by atoms with Crippen LogP contribution in [0.5, 0.6) is 0 Å². The molecule has 1 N–H and O–H groups in total. The lowest BCUT2D eigenvalue weighted by Gasteiger charge is -2.44. The van der Waals surface area contributed by atoms with Crippen molar-refractivity contribution in [1.29, 1.82) is 0 Å². The lowest BCUT2D eigenvalue weighted by molar-refractivity contribution is -0.297. The standard InChI is InChI=1S/C32H38O6S/c1-22-31(33)27(34-20-24-12-6-3-7-13-24)18-29(36-22)38-32-23(2)37-30(39-26-16-10-5-11-17-26)19-28(32)35-21-25-14-8-4-9-15-25/h3-17,22-23,27-33H,18-21H2,1-2H3/t22-,23-,27-,28-,29-,30-,31+,32+/m0/s1. The van der Waals surface area contributed by atoms with Gasteiger partial charge in [-0.05, 0) is 37.1 Å². The van der Waals surface area contributed by atoms with Crippen molar-refractivity contribution in [2.24, 2.45) is 0 Å². The van der Waals surface area contributed by atoms with Crippen LogP contribution >= 0.6 is 11.8 Å². The van der Waals surface area contributed by atoms with Gasteiger partial charge in [0.05, 0.1) is 37.6 Å². The van der Waals surface area contributed by atoms with Crippen LogP contribution in [-0.4, -0.2) is 53.5 Å². The maximum Gasteiger partial charge on any atom is 0.161 e. The van der Waals surface area contributed by atoms with Crippen LogP contribution in [0.4, 0.5) is 0 Å². The van der Waals surface area contributed by atoms with Crippen LogP contribution in [0.1, 0.15) is 37.8 Å². The molecule has 2 heterocycles.